The van der Waals surface area contributed by atoms with Crippen molar-refractivity contribution in [2.75, 3.05) is 13.7 Å². The van der Waals surface area contributed by atoms with Crippen molar-refractivity contribution >= 4 is 28.5 Å². The Bertz CT molecular complexity index is 588. The zero-order valence-corrected chi connectivity index (χ0v) is 13.2. The van der Waals surface area contributed by atoms with Crippen LogP contribution in [0.3, 0.4) is 0 Å². The summed E-state index contributed by atoms with van der Waals surface area (Å²) < 4.78 is 6.03. The van der Waals surface area contributed by atoms with Crippen LogP contribution in [-0.4, -0.2) is 46.3 Å². The molecular formula is C12H14IN5O2. The fourth-order valence-electron chi connectivity index (χ4n) is 1.56. The van der Waals surface area contributed by atoms with E-state index in [0.717, 1.165) is 9.13 Å². The van der Waals surface area contributed by atoms with Gasteiger partial charge in [-0.2, -0.15) is 0 Å². The predicted octanol–water partition coefficient (Wildman–Crippen LogP) is 1.24. The maximum atomic E-state index is 12.1. The smallest absolute Gasteiger partial charge is 0.251 e. The molecule has 8 heteroatoms. The van der Waals surface area contributed by atoms with Crippen LogP contribution >= 0.6 is 22.6 Å². The fourth-order valence-corrected chi connectivity index (χ4v) is 2.23. The Kier molecular flexibility index (Phi) is 5.01. The molecule has 1 amide bonds. The lowest BCUT2D eigenvalue weighted by Crippen LogP contribution is -2.31. The third-order valence-electron chi connectivity index (χ3n) is 2.73. The minimum atomic E-state index is -0.152. The third kappa shape index (κ3) is 3.73. The van der Waals surface area contributed by atoms with Crippen LogP contribution in [-0.2, 0) is 4.74 Å². The van der Waals surface area contributed by atoms with E-state index in [-0.39, 0.29) is 12.0 Å². The highest BCUT2D eigenvalue weighted by Gasteiger charge is 2.11. The van der Waals surface area contributed by atoms with Gasteiger partial charge in [0.15, 0.2) is 5.82 Å². The molecule has 1 unspecified atom stereocenters. The Morgan fingerprint density at radius 2 is 2.30 bits per heavy atom. The van der Waals surface area contributed by atoms with E-state index in [9.17, 15) is 4.79 Å². The van der Waals surface area contributed by atoms with E-state index in [2.05, 4.69) is 48.5 Å². The molecule has 1 atom stereocenters. The van der Waals surface area contributed by atoms with E-state index in [1.807, 2.05) is 13.0 Å². The molecule has 0 aliphatic rings. The highest BCUT2D eigenvalue weighted by atomic mass is 127. The van der Waals surface area contributed by atoms with Crippen molar-refractivity contribution in [3.63, 3.8) is 0 Å². The highest BCUT2D eigenvalue weighted by molar-refractivity contribution is 14.1. The van der Waals surface area contributed by atoms with Crippen molar-refractivity contribution in [2.24, 2.45) is 0 Å². The van der Waals surface area contributed by atoms with Crippen LogP contribution in [0.1, 0.15) is 17.3 Å². The number of aromatic nitrogens is 4. The number of amides is 1. The number of halogens is 1. The second-order valence-corrected chi connectivity index (χ2v) is 5.48. The summed E-state index contributed by atoms with van der Waals surface area (Å²) in [5.74, 6) is 0.379. The molecule has 7 nitrogen and oxygen atoms in total. The Morgan fingerprint density at radius 1 is 1.50 bits per heavy atom. The van der Waals surface area contributed by atoms with Crippen molar-refractivity contribution < 1.29 is 9.53 Å². The zero-order chi connectivity index (χ0) is 14.5. The van der Waals surface area contributed by atoms with Gasteiger partial charge in [-0.3, -0.25) is 4.79 Å². The van der Waals surface area contributed by atoms with Crippen LogP contribution in [0.25, 0.3) is 11.4 Å². The molecule has 1 aromatic carbocycles. The Hall–Kier alpha value is -1.55. The summed E-state index contributed by atoms with van der Waals surface area (Å²) >= 11 is 2.15. The summed E-state index contributed by atoms with van der Waals surface area (Å²) in [6.07, 6.45) is -0.0281. The molecule has 0 radical (unpaired) electrons. The number of methoxy groups -OCH3 is 1. The molecule has 2 N–H and O–H groups in total. The summed E-state index contributed by atoms with van der Waals surface area (Å²) in [7, 11) is 1.61. The molecule has 0 saturated heterocycles. The number of carbonyl (C=O) groups excluding carboxylic acids is 1. The number of benzene rings is 1. The molecule has 2 aromatic rings. The van der Waals surface area contributed by atoms with Gasteiger partial charge in [0.1, 0.15) is 0 Å². The van der Waals surface area contributed by atoms with Gasteiger partial charge in [0, 0.05) is 28.4 Å². The second-order valence-electron chi connectivity index (χ2n) is 4.23. The number of nitrogens with zero attached hydrogens (tertiary/aromatic N) is 3. The molecule has 0 spiro atoms. The zero-order valence-electron chi connectivity index (χ0n) is 11.1. The summed E-state index contributed by atoms with van der Waals surface area (Å²) in [4.78, 5) is 12.1. The van der Waals surface area contributed by atoms with E-state index in [1.54, 1.807) is 19.2 Å². The van der Waals surface area contributed by atoms with Crippen molar-refractivity contribution in [1.29, 1.82) is 0 Å². The minimum Gasteiger partial charge on any atom is -0.380 e. The number of nitrogens with one attached hydrogen (secondary N) is 2. The van der Waals surface area contributed by atoms with Crippen molar-refractivity contribution in [1.82, 2.24) is 25.9 Å². The van der Waals surface area contributed by atoms with Gasteiger partial charge in [-0.25, -0.2) is 5.10 Å². The van der Waals surface area contributed by atoms with Gasteiger partial charge in [-0.1, -0.05) is 0 Å². The van der Waals surface area contributed by atoms with Crippen LogP contribution in [0.4, 0.5) is 0 Å². The molecule has 0 fully saturated rings. The summed E-state index contributed by atoms with van der Waals surface area (Å²) in [5.41, 5.74) is 1.33. The van der Waals surface area contributed by atoms with Crippen LogP contribution in [0, 0.1) is 3.57 Å². The fraction of sp³-hybridized carbons (Fsp3) is 0.333. The molecule has 1 aromatic heterocycles. The number of hydrogen-bond acceptors (Lipinski definition) is 5. The van der Waals surface area contributed by atoms with Crippen LogP contribution < -0.4 is 5.32 Å². The van der Waals surface area contributed by atoms with Crippen LogP contribution in [0.5, 0.6) is 0 Å². The number of ether oxygens (including phenoxy) is 1. The predicted molar refractivity (Wildman–Crippen MR) is 81.1 cm³/mol. The Balaban J connectivity index is 2.18. The average molecular weight is 387 g/mol. The molecule has 2 rings (SSSR count). The lowest BCUT2D eigenvalue weighted by atomic mass is 10.1. The van der Waals surface area contributed by atoms with Gasteiger partial charge in [0.2, 0.25) is 0 Å². The van der Waals surface area contributed by atoms with E-state index in [1.165, 1.54) is 0 Å². The molecule has 106 valence electrons. The number of rotatable bonds is 5. The molecule has 20 heavy (non-hydrogen) atoms. The normalized spacial score (nSPS) is 12.2. The first-order chi connectivity index (χ1) is 9.60. The standard InChI is InChI=1S/C12H14IN5O2/c1-7(20-2)6-14-12(19)9-3-8(4-10(13)5-9)11-15-17-18-16-11/h3-5,7H,6H2,1-2H3,(H,14,19)(H,15,16,17,18). The van der Waals surface area contributed by atoms with Gasteiger partial charge >= 0.3 is 0 Å². The maximum Gasteiger partial charge on any atom is 0.251 e. The number of carbonyl (C=O) groups is 1. The Morgan fingerprint density at radius 3 is 2.95 bits per heavy atom. The van der Waals surface area contributed by atoms with Crippen LogP contribution in [0.15, 0.2) is 18.2 Å². The molecule has 0 bridgehead atoms. The summed E-state index contributed by atoms with van der Waals surface area (Å²) in [6.45, 7) is 2.35. The van der Waals surface area contributed by atoms with Crippen LogP contribution in [0.2, 0.25) is 0 Å². The number of H-pyrrole nitrogens is 1. The monoisotopic (exact) mass is 387 g/mol. The van der Waals surface area contributed by atoms with Gasteiger partial charge in [0.25, 0.3) is 5.91 Å². The lowest BCUT2D eigenvalue weighted by molar-refractivity contribution is 0.0870. The molecule has 1 heterocycles. The minimum absolute atomic E-state index is 0.0281. The van der Waals surface area contributed by atoms with Gasteiger partial charge < -0.3 is 10.1 Å². The van der Waals surface area contributed by atoms with Gasteiger partial charge in [-0.15, -0.1) is 5.10 Å². The van der Waals surface area contributed by atoms with E-state index < -0.39 is 0 Å². The summed E-state index contributed by atoms with van der Waals surface area (Å²) in [5, 5.41) is 16.4. The molecule has 0 aliphatic heterocycles. The third-order valence-corrected chi connectivity index (χ3v) is 3.35. The van der Waals surface area contributed by atoms with E-state index >= 15 is 0 Å². The first-order valence-electron chi connectivity index (χ1n) is 5.96. The summed E-state index contributed by atoms with van der Waals surface area (Å²) in [6, 6.07) is 5.45. The second kappa shape index (κ2) is 6.75. The number of hydrogen-bond donors (Lipinski definition) is 2. The van der Waals surface area contributed by atoms with Gasteiger partial charge in [0.05, 0.1) is 6.10 Å². The first-order valence-corrected chi connectivity index (χ1v) is 7.03. The molecular weight excluding hydrogens is 373 g/mol. The quantitative estimate of drug-likeness (QED) is 0.754. The highest BCUT2D eigenvalue weighted by Crippen LogP contribution is 2.19. The van der Waals surface area contributed by atoms with Gasteiger partial charge in [-0.05, 0) is 58.1 Å². The maximum absolute atomic E-state index is 12.1. The SMILES string of the molecule is COC(C)CNC(=O)c1cc(I)cc(-c2nnn[nH]2)c1. The number of tetrazole rings is 1. The lowest BCUT2D eigenvalue weighted by Gasteiger charge is -2.11. The van der Waals surface area contributed by atoms with Crippen molar-refractivity contribution in [3.8, 4) is 11.4 Å². The largest absolute Gasteiger partial charge is 0.380 e. The average Bonchev–Trinajstić information content (AvgIpc) is 2.97. The first kappa shape index (κ1) is 14.9. The molecule has 0 saturated carbocycles. The van der Waals surface area contributed by atoms with Crippen molar-refractivity contribution in [3.05, 3.63) is 27.3 Å². The number of aromatic amines is 1. The van der Waals surface area contributed by atoms with Crippen molar-refractivity contribution in [2.45, 2.75) is 13.0 Å². The molecule has 0 aliphatic carbocycles. The Labute approximate surface area is 129 Å². The topological polar surface area (TPSA) is 92.8 Å². The van der Waals surface area contributed by atoms with E-state index in [0.29, 0.717) is 17.9 Å². The van der Waals surface area contributed by atoms with E-state index in [4.69, 9.17) is 4.74 Å².